The lowest BCUT2D eigenvalue weighted by molar-refractivity contribution is 0.0939. The van der Waals surface area contributed by atoms with Gasteiger partial charge in [-0.2, -0.15) is 0 Å². The number of aromatic nitrogens is 2. The number of aryl methyl sites for hydroxylation is 1. The first-order chi connectivity index (χ1) is 8.08. The van der Waals surface area contributed by atoms with E-state index in [1.54, 1.807) is 0 Å². The highest BCUT2D eigenvalue weighted by Gasteiger charge is 2.21. The number of rotatable bonds is 3. The van der Waals surface area contributed by atoms with Crippen LogP contribution in [0.4, 0.5) is 0 Å². The summed E-state index contributed by atoms with van der Waals surface area (Å²) >= 11 is 0. The van der Waals surface area contributed by atoms with E-state index in [0.717, 1.165) is 6.42 Å². The van der Waals surface area contributed by atoms with Gasteiger partial charge in [0.15, 0.2) is 0 Å². The van der Waals surface area contributed by atoms with E-state index in [-0.39, 0.29) is 11.5 Å². The zero-order chi connectivity index (χ0) is 12.4. The number of carbonyl (C=O) groups excluding carboxylic acids is 1. The van der Waals surface area contributed by atoms with Crippen LogP contribution in [0.1, 0.15) is 42.1 Å². The number of H-pyrrole nitrogens is 1. The van der Waals surface area contributed by atoms with Crippen LogP contribution >= 0.6 is 0 Å². The predicted molar refractivity (Wildman–Crippen MR) is 64.1 cm³/mol. The van der Waals surface area contributed by atoms with Gasteiger partial charge in [0.1, 0.15) is 11.5 Å². The molecule has 1 aromatic heterocycles. The van der Waals surface area contributed by atoms with Gasteiger partial charge >= 0.3 is 0 Å². The molecule has 0 fully saturated rings. The maximum Gasteiger partial charge on any atom is 0.270 e. The van der Waals surface area contributed by atoms with Crippen LogP contribution in [-0.2, 0) is 12.8 Å². The molecule has 92 valence electrons. The second-order valence-electron chi connectivity index (χ2n) is 4.78. The van der Waals surface area contributed by atoms with E-state index in [2.05, 4.69) is 29.1 Å². The minimum absolute atomic E-state index is 0.163. The first-order valence-electron chi connectivity index (χ1n) is 5.98. The van der Waals surface area contributed by atoms with Gasteiger partial charge in [0.2, 0.25) is 0 Å². The van der Waals surface area contributed by atoms with E-state index in [1.807, 2.05) is 0 Å². The number of nitrogens with zero attached hydrogens (tertiary/aromatic N) is 1. The van der Waals surface area contributed by atoms with Crippen molar-refractivity contribution in [3.63, 3.8) is 0 Å². The minimum atomic E-state index is -0.233. The summed E-state index contributed by atoms with van der Waals surface area (Å²) < 4.78 is 0. The van der Waals surface area contributed by atoms with Crippen LogP contribution in [0, 0.1) is 5.92 Å². The number of carbonyl (C=O) groups is 1. The Balaban J connectivity index is 2.32. The third kappa shape index (κ3) is 2.54. The maximum absolute atomic E-state index is 11.8. The Morgan fingerprint density at radius 1 is 1.35 bits per heavy atom. The van der Waals surface area contributed by atoms with Crippen LogP contribution < -0.4 is 10.9 Å². The first-order valence-corrected chi connectivity index (χ1v) is 5.98. The molecule has 0 unspecified atom stereocenters. The van der Waals surface area contributed by atoms with Crippen molar-refractivity contribution in [1.29, 1.82) is 0 Å². The van der Waals surface area contributed by atoms with Gasteiger partial charge in [-0.3, -0.25) is 9.59 Å². The summed E-state index contributed by atoms with van der Waals surface area (Å²) in [5.41, 5.74) is 0.657. The molecule has 0 saturated carbocycles. The normalized spacial score (nSPS) is 14.6. The van der Waals surface area contributed by atoms with Crippen molar-refractivity contribution < 1.29 is 4.79 Å². The Kier molecular flexibility index (Phi) is 3.26. The van der Waals surface area contributed by atoms with Gasteiger partial charge < -0.3 is 10.3 Å². The van der Waals surface area contributed by atoms with Gasteiger partial charge in [-0.05, 0) is 18.8 Å². The van der Waals surface area contributed by atoms with Crippen molar-refractivity contribution >= 4 is 5.91 Å². The molecule has 2 heterocycles. The minimum Gasteiger partial charge on any atom is -0.350 e. The van der Waals surface area contributed by atoms with Crippen LogP contribution in [0.2, 0.25) is 0 Å². The molecule has 17 heavy (non-hydrogen) atoms. The molecule has 1 amide bonds. The Bertz CT molecular complexity index is 491. The maximum atomic E-state index is 11.8. The molecule has 0 bridgehead atoms. The molecule has 0 aliphatic carbocycles. The standard InChI is InChI=1S/C12H17N3O2/c1-7(2)3-4-9-14-10-8(11(16)15-9)5-6-13-12(10)17/h7H,3-6H2,1-2H3,(H,13,17)(H,14,15,16). The summed E-state index contributed by atoms with van der Waals surface area (Å²) in [6, 6.07) is 0. The van der Waals surface area contributed by atoms with E-state index < -0.39 is 0 Å². The van der Waals surface area contributed by atoms with Crippen molar-refractivity contribution in [1.82, 2.24) is 15.3 Å². The van der Waals surface area contributed by atoms with Gasteiger partial charge in [-0.15, -0.1) is 0 Å². The largest absolute Gasteiger partial charge is 0.350 e. The quantitative estimate of drug-likeness (QED) is 0.807. The SMILES string of the molecule is CC(C)CCc1nc2c(c(=O)[nH]1)CCNC2=O. The van der Waals surface area contributed by atoms with E-state index in [4.69, 9.17) is 0 Å². The highest BCUT2D eigenvalue weighted by molar-refractivity contribution is 5.94. The van der Waals surface area contributed by atoms with Crippen molar-refractivity contribution in [2.75, 3.05) is 6.54 Å². The molecule has 1 aromatic rings. The molecule has 0 spiro atoms. The summed E-state index contributed by atoms with van der Waals surface area (Å²) in [6.45, 7) is 4.74. The van der Waals surface area contributed by atoms with E-state index in [1.165, 1.54) is 0 Å². The smallest absolute Gasteiger partial charge is 0.270 e. The fourth-order valence-electron chi connectivity index (χ4n) is 1.89. The molecule has 0 aromatic carbocycles. The molecule has 0 radical (unpaired) electrons. The van der Waals surface area contributed by atoms with Crippen molar-refractivity contribution in [2.45, 2.75) is 33.1 Å². The van der Waals surface area contributed by atoms with Gasteiger partial charge in [-0.1, -0.05) is 13.8 Å². The van der Waals surface area contributed by atoms with Gasteiger partial charge in [0, 0.05) is 13.0 Å². The fraction of sp³-hybridized carbons (Fsp3) is 0.583. The van der Waals surface area contributed by atoms with E-state index in [9.17, 15) is 9.59 Å². The molecule has 2 rings (SSSR count). The third-order valence-electron chi connectivity index (χ3n) is 2.90. The average molecular weight is 235 g/mol. The Morgan fingerprint density at radius 3 is 2.82 bits per heavy atom. The molecule has 5 nitrogen and oxygen atoms in total. The Labute approximate surface area is 99.7 Å². The topological polar surface area (TPSA) is 74.8 Å². The summed E-state index contributed by atoms with van der Waals surface area (Å²) in [6.07, 6.45) is 2.21. The number of fused-ring (bicyclic) bond motifs is 1. The van der Waals surface area contributed by atoms with Crippen LogP contribution in [0.15, 0.2) is 4.79 Å². The number of aromatic amines is 1. The zero-order valence-corrected chi connectivity index (χ0v) is 10.2. The summed E-state index contributed by atoms with van der Waals surface area (Å²) in [4.78, 5) is 30.4. The summed E-state index contributed by atoms with van der Waals surface area (Å²) in [5.74, 6) is 0.924. The van der Waals surface area contributed by atoms with Crippen LogP contribution in [0.25, 0.3) is 0 Å². The van der Waals surface area contributed by atoms with Crippen LogP contribution in [-0.4, -0.2) is 22.4 Å². The lowest BCUT2D eigenvalue weighted by atomic mass is 10.1. The molecular weight excluding hydrogens is 218 g/mol. The third-order valence-corrected chi connectivity index (χ3v) is 2.90. The second kappa shape index (κ2) is 4.69. The lowest BCUT2D eigenvalue weighted by Crippen LogP contribution is -2.37. The number of nitrogens with one attached hydrogen (secondary N) is 2. The van der Waals surface area contributed by atoms with Gasteiger partial charge in [0.25, 0.3) is 11.5 Å². The molecule has 2 N–H and O–H groups in total. The highest BCUT2D eigenvalue weighted by atomic mass is 16.2. The predicted octanol–water partition coefficient (Wildman–Crippen LogP) is 0.644. The molecule has 1 aliphatic rings. The van der Waals surface area contributed by atoms with Gasteiger partial charge in [-0.25, -0.2) is 4.98 Å². The lowest BCUT2D eigenvalue weighted by Gasteiger charge is -2.15. The molecular formula is C12H17N3O2. The Morgan fingerprint density at radius 2 is 2.12 bits per heavy atom. The van der Waals surface area contributed by atoms with Crippen molar-refractivity contribution in [2.24, 2.45) is 5.92 Å². The van der Waals surface area contributed by atoms with Crippen LogP contribution in [0.3, 0.4) is 0 Å². The fourth-order valence-corrected chi connectivity index (χ4v) is 1.89. The molecule has 5 heteroatoms. The first kappa shape index (κ1) is 11.8. The molecule has 0 atom stereocenters. The summed E-state index contributed by atoms with van der Waals surface area (Å²) in [5, 5.41) is 2.70. The van der Waals surface area contributed by atoms with Crippen LogP contribution in [0.5, 0.6) is 0 Å². The molecule has 0 saturated heterocycles. The molecule has 1 aliphatic heterocycles. The number of hydrogen-bond acceptors (Lipinski definition) is 3. The Hall–Kier alpha value is -1.65. The highest BCUT2D eigenvalue weighted by Crippen LogP contribution is 2.09. The zero-order valence-electron chi connectivity index (χ0n) is 10.2. The monoisotopic (exact) mass is 235 g/mol. The number of amides is 1. The summed E-state index contributed by atoms with van der Waals surface area (Å²) in [7, 11) is 0. The number of hydrogen-bond donors (Lipinski definition) is 2. The van der Waals surface area contributed by atoms with Crippen molar-refractivity contribution in [3.8, 4) is 0 Å². The second-order valence-corrected chi connectivity index (χ2v) is 4.78. The average Bonchev–Trinajstić information content (AvgIpc) is 2.28. The van der Waals surface area contributed by atoms with Gasteiger partial charge in [0.05, 0.1) is 5.56 Å². The van der Waals surface area contributed by atoms with Crippen molar-refractivity contribution in [3.05, 3.63) is 27.4 Å². The van der Waals surface area contributed by atoms with E-state index >= 15 is 0 Å². The van der Waals surface area contributed by atoms with E-state index in [0.29, 0.717) is 42.4 Å².